The molecule has 5 heteroatoms. The smallest absolute Gasteiger partial charge is 0.262 e. The third-order valence-electron chi connectivity index (χ3n) is 3.39. The van der Waals surface area contributed by atoms with E-state index in [1.165, 1.54) is 11.3 Å². The monoisotopic (exact) mass is 292 g/mol. The molecule has 1 aliphatic rings. The van der Waals surface area contributed by atoms with E-state index in [9.17, 15) is 4.79 Å². The van der Waals surface area contributed by atoms with Gasteiger partial charge in [-0.25, -0.2) is 0 Å². The zero-order valence-electron chi connectivity index (χ0n) is 11.7. The second-order valence-corrected chi connectivity index (χ2v) is 5.91. The lowest BCUT2D eigenvalue weighted by Crippen LogP contribution is -2.43. The van der Waals surface area contributed by atoms with Crippen LogP contribution in [0.2, 0.25) is 0 Å². The first-order chi connectivity index (χ1) is 9.70. The standard InChI is InChI=1S/C15H20N2O2S/c1-17-8-5-13(6-9-17)16-15(19)14-12(7-11-20-14)4-2-3-10-18/h7,11,13,18H,3,5-6,8-10H2,1H3,(H,16,19). The highest BCUT2D eigenvalue weighted by Crippen LogP contribution is 2.17. The van der Waals surface area contributed by atoms with E-state index in [4.69, 9.17) is 5.11 Å². The van der Waals surface area contributed by atoms with Crippen LogP contribution in [0.25, 0.3) is 0 Å². The number of hydrogen-bond acceptors (Lipinski definition) is 4. The Kier molecular flexibility index (Phi) is 5.60. The molecule has 1 aliphatic heterocycles. The van der Waals surface area contributed by atoms with Crippen LogP contribution in [0.15, 0.2) is 11.4 Å². The Bertz CT molecular complexity index is 507. The molecule has 20 heavy (non-hydrogen) atoms. The summed E-state index contributed by atoms with van der Waals surface area (Å²) in [5.41, 5.74) is 0.758. The summed E-state index contributed by atoms with van der Waals surface area (Å²) < 4.78 is 0. The van der Waals surface area contributed by atoms with Gasteiger partial charge >= 0.3 is 0 Å². The minimum Gasteiger partial charge on any atom is -0.395 e. The average molecular weight is 292 g/mol. The lowest BCUT2D eigenvalue weighted by Gasteiger charge is -2.29. The van der Waals surface area contributed by atoms with Crippen molar-refractivity contribution in [2.45, 2.75) is 25.3 Å². The number of likely N-dealkylation sites (tertiary alicyclic amines) is 1. The number of aliphatic hydroxyl groups is 1. The van der Waals surface area contributed by atoms with Gasteiger partial charge in [-0.05, 0) is 44.4 Å². The van der Waals surface area contributed by atoms with Gasteiger partial charge in [0.15, 0.2) is 0 Å². The SMILES string of the molecule is CN1CCC(NC(=O)c2sccc2C#CCCO)CC1. The molecule has 2 rings (SSSR count). The Balaban J connectivity index is 1.96. The van der Waals surface area contributed by atoms with Crippen LogP contribution in [-0.2, 0) is 0 Å². The summed E-state index contributed by atoms with van der Waals surface area (Å²) in [5.74, 6) is 5.79. The maximum atomic E-state index is 12.3. The Hall–Kier alpha value is -1.35. The molecule has 0 saturated carbocycles. The average Bonchev–Trinajstić information content (AvgIpc) is 2.90. The molecule has 2 heterocycles. The Labute approximate surface area is 123 Å². The van der Waals surface area contributed by atoms with Crippen LogP contribution < -0.4 is 5.32 Å². The third-order valence-corrected chi connectivity index (χ3v) is 4.30. The summed E-state index contributed by atoms with van der Waals surface area (Å²) in [4.78, 5) is 15.2. The first-order valence-corrected chi connectivity index (χ1v) is 7.75. The maximum Gasteiger partial charge on any atom is 0.262 e. The fourth-order valence-electron chi connectivity index (χ4n) is 2.20. The van der Waals surface area contributed by atoms with E-state index < -0.39 is 0 Å². The number of carbonyl (C=O) groups is 1. The molecule has 0 spiro atoms. The summed E-state index contributed by atoms with van der Waals surface area (Å²) in [6, 6.07) is 2.12. The fourth-order valence-corrected chi connectivity index (χ4v) is 2.95. The molecule has 4 nitrogen and oxygen atoms in total. The molecule has 2 N–H and O–H groups in total. The van der Waals surface area contributed by atoms with Crippen LogP contribution in [0.5, 0.6) is 0 Å². The van der Waals surface area contributed by atoms with E-state index in [0.717, 1.165) is 31.5 Å². The molecule has 0 aromatic carbocycles. The third kappa shape index (κ3) is 4.07. The normalized spacial score (nSPS) is 16.5. The first kappa shape index (κ1) is 15.0. The van der Waals surface area contributed by atoms with Crippen molar-refractivity contribution in [3.63, 3.8) is 0 Å². The maximum absolute atomic E-state index is 12.3. The molecule has 0 bridgehead atoms. The van der Waals surface area contributed by atoms with Gasteiger partial charge in [0.1, 0.15) is 4.88 Å². The zero-order chi connectivity index (χ0) is 14.4. The van der Waals surface area contributed by atoms with Gasteiger partial charge in [0.05, 0.1) is 6.61 Å². The van der Waals surface area contributed by atoms with Crippen molar-refractivity contribution in [3.8, 4) is 11.8 Å². The number of carbonyl (C=O) groups excluding carboxylic acids is 1. The van der Waals surface area contributed by atoms with Gasteiger partial charge in [0.25, 0.3) is 5.91 Å². The van der Waals surface area contributed by atoms with Crippen LogP contribution in [0.3, 0.4) is 0 Å². The molecule has 1 aromatic rings. The van der Waals surface area contributed by atoms with Crippen molar-refractivity contribution in [1.29, 1.82) is 0 Å². The Morgan fingerprint density at radius 3 is 3.00 bits per heavy atom. The highest BCUT2D eigenvalue weighted by Gasteiger charge is 2.20. The largest absolute Gasteiger partial charge is 0.395 e. The number of nitrogens with zero attached hydrogens (tertiary/aromatic N) is 1. The van der Waals surface area contributed by atoms with Crippen molar-refractivity contribution in [3.05, 3.63) is 21.9 Å². The highest BCUT2D eigenvalue weighted by molar-refractivity contribution is 7.12. The highest BCUT2D eigenvalue weighted by atomic mass is 32.1. The lowest BCUT2D eigenvalue weighted by molar-refractivity contribution is 0.0921. The van der Waals surface area contributed by atoms with Crippen LogP contribution in [-0.4, -0.2) is 48.7 Å². The van der Waals surface area contributed by atoms with Gasteiger partial charge in [0.2, 0.25) is 0 Å². The van der Waals surface area contributed by atoms with E-state index >= 15 is 0 Å². The second-order valence-electron chi connectivity index (χ2n) is 4.99. The summed E-state index contributed by atoms with van der Waals surface area (Å²) in [7, 11) is 2.10. The van der Waals surface area contributed by atoms with Crippen molar-refractivity contribution in [2.24, 2.45) is 0 Å². The molecule has 0 aliphatic carbocycles. The molecule has 0 unspecified atom stereocenters. The molecule has 1 aromatic heterocycles. The van der Waals surface area contributed by atoms with Crippen LogP contribution >= 0.6 is 11.3 Å². The number of nitrogens with one attached hydrogen (secondary N) is 1. The van der Waals surface area contributed by atoms with Gasteiger partial charge in [-0.3, -0.25) is 4.79 Å². The van der Waals surface area contributed by atoms with E-state index in [1.807, 2.05) is 11.4 Å². The van der Waals surface area contributed by atoms with Crippen molar-refractivity contribution in [2.75, 3.05) is 26.7 Å². The van der Waals surface area contributed by atoms with Crippen LogP contribution in [0.4, 0.5) is 0 Å². The van der Waals surface area contributed by atoms with Gasteiger partial charge in [-0.2, -0.15) is 0 Å². The van der Waals surface area contributed by atoms with Crippen molar-refractivity contribution < 1.29 is 9.90 Å². The summed E-state index contributed by atoms with van der Waals surface area (Å²) >= 11 is 1.42. The number of amides is 1. The zero-order valence-corrected chi connectivity index (χ0v) is 12.5. The number of rotatable bonds is 3. The van der Waals surface area contributed by atoms with Gasteiger partial charge < -0.3 is 15.3 Å². The van der Waals surface area contributed by atoms with Crippen molar-refractivity contribution in [1.82, 2.24) is 10.2 Å². The van der Waals surface area contributed by atoms with E-state index in [1.54, 1.807) is 0 Å². The predicted octanol–water partition coefficient (Wildman–Crippen LogP) is 1.31. The lowest BCUT2D eigenvalue weighted by atomic mass is 10.1. The predicted molar refractivity (Wildman–Crippen MR) is 80.9 cm³/mol. The molecule has 1 fully saturated rings. The molecular weight excluding hydrogens is 272 g/mol. The fraction of sp³-hybridized carbons (Fsp3) is 0.533. The molecule has 1 amide bonds. The topological polar surface area (TPSA) is 52.6 Å². The van der Waals surface area contributed by atoms with Gasteiger partial charge in [-0.1, -0.05) is 11.8 Å². The van der Waals surface area contributed by atoms with Gasteiger partial charge in [-0.15, -0.1) is 11.3 Å². The minimum atomic E-state index is -0.0251. The minimum absolute atomic E-state index is 0.0251. The Morgan fingerprint density at radius 1 is 1.55 bits per heavy atom. The first-order valence-electron chi connectivity index (χ1n) is 6.87. The molecule has 0 radical (unpaired) electrons. The van der Waals surface area contributed by atoms with E-state index in [-0.39, 0.29) is 18.6 Å². The summed E-state index contributed by atoms with van der Waals surface area (Å²) in [5, 5.41) is 13.7. The molecule has 108 valence electrons. The molecule has 1 saturated heterocycles. The van der Waals surface area contributed by atoms with Crippen LogP contribution in [0, 0.1) is 11.8 Å². The summed E-state index contributed by atoms with van der Waals surface area (Å²) in [6.07, 6.45) is 2.43. The van der Waals surface area contributed by atoms with Crippen LogP contribution in [0.1, 0.15) is 34.5 Å². The summed E-state index contributed by atoms with van der Waals surface area (Å²) in [6.45, 7) is 2.10. The van der Waals surface area contributed by atoms with E-state index in [2.05, 4.69) is 29.1 Å². The Morgan fingerprint density at radius 2 is 2.30 bits per heavy atom. The number of aliphatic hydroxyl groups excluding tert-OH is 1. The number of thiophene rings is 1. The molecule has 0 atom stereocenters. The van der Waals surface area contributed by atoms with E-state index in [0.29, 0.717) is 11.3 Å². The second kappa shape index (κ2) is 7.44. The van der Waals surface area contributed by atoms with Crippen molar-refractivity contribution >= 4 is 17.2 Å². The van der Waals surface area contributed by atoms with Gasteiger partial charge in [0, 0.05) is 18.0 Å². The quantitative estimate of drug-likeness (QED) is 0.826. The number of hydrogen-bond donors (Lipinski definition) is 2. The number of piperidine rings is 1. The molecular formula is C15H20N2O2S.